The van der Waals surface area contributed by atoms with Crippen LogP contribution in [0.5, 0.6) is 0 Å². The van der Waals surface area contributed by atoms with Gasteiger partial charge in [-0.05, 0) is 29.5 Å². The minimum absolute atomic E-state index is 0.0957. The van der Waals surface area contributed by atoms with Crippen molar-refractivity contribution in [3.05, 3.63) is 34.3 Å². The monoisotopic (exact) mass is 311 g/mol. The number of nitrogens with two attached hydrogens (primary N) is 2. The quantitative estimate of drug-likeness (QED) is 0.714. The predicted octanol–water partition coefficient (Wildman–Crippen LogP) is 1.67. The van der Waals surface area contributed by atoms with Gasteiger partial charge in [-0.15, -0.1) is 0 Å². The van der Waals surface area contributed by atoms with Crippen molar-refractivity contribution in [1.29, 1.82) is 0 Å². The number of hydrogen-bond acceptors (Lipinski definition) is 3. The second kappa shape index (κ2) is 8.00. The van der Waals surface area contributed by atoms with Gasteiger partial charge in [0.25, 0.3) is 0 Å². The third-order valence-corrected chi connectivity index (χ3v) is 3.59. The van der Waals surface area contributed by atoms with E-state index >= 15 is 0 Å². The third kappa shape index (κ3) is 5.73. The van der Waals surface area contributed by atoms with Crippen LogP contribution < -0.4 is 16.8 Å². The summed E-state index contributed by atoms with van der Waals surface area (Å²) in [7, 11) is 0. The van der Waals surface area contributed by atoms with Gasteiger partial charge in [0.1, 0.15) is 0 Å². The summed E-state index contributed by atoms with van der Waals surface area (Å²) in [6, 6.07) is 5.05. The van der Waals surface area contributed by atoms with Crippen LogP contribution in [0, 0.1) is 0 Å². The summed E-state index contributed by atoms with van der Waals surface area (Å²) in [4.78, 5) is 22.4. The van der Waals surface area contributed by atoms with E-state index in [1.54, 1.807) is 0 Å². The van der Waals surface area contributed by atoms with E-state index < -0.39 is 11.9 Å². The highest BCUT2D eigenvalue weighted by Gasteiger charge is 2.14. The highest BCUT2D eigenvalue weighted by Crippen LogP contribution is 2.22. The number of benzene rings is 1. The lowest BCUT2D eigenvalue weighted by Gasteiger charge is -2.13. The molecule has 1 atom stereocenters. The van der Waals surface area contributed by atoms with Gasteiger partial charge in [0, 0.05) is 18.0 Å². The summed E-state index contributed by atoms with van der Waals surface area (Å²) in [6.45, 7) is 4.48. The molecule has 6 heteroatoms. The first-order valence-electron chi connectivity index (χ1n) is 6.91. The Morgan fingerprint density at radius 3 is 2.52 bits per heavy atom. The van der Waals surface area contributed by atoms with Crippen molar-refractivity contribution in [2.45, 2.75) is 45.2 Å². The van der Waals surface area contributed by atoms with E-state index in [0.29, 0.717) is 17.5 Å². The number of carbonyl (C=O) groups is 2. The average Bonchev–Trinajstić information content (AvgIpc) is 2.42. The van der Waals surface area contributed by atoms with Crippen LogP contribution in [0.3, 0.4) is 0 Å². The number of carbonyl (C=O) groups excluding carboxylic acids is 2. The van der Waals surface area contributed by atoms with Crippen LogP contribution in [0.25, 0.3) is 0 Å². The van der Waals surface area contributed by atoms with E-state index in [1.807, 2.05) is 18.2 Å². The number of amides is 2. The first-order valence-corrected chi connectivity index (χ1v) is 7.29. The molecule has 0 fully saturated rings. The van der Waals surface area contributed by atoms with Crippen molar-refractivity contribution < 1.29 is 9.59 Å². The van der Waals surface area contributed by atoms with Crippen LogP contribution in [0.2, 0.25) is 5.02 Å². The minimum Gasteiger partial charge on any atom is -0.370 e. The number of primary amides is 1. The summed E-state index contributed by atoms with van der Waals surface area (Å²) in [5.74, 6) is -0.390. The maximum absolute atomic E-state index is 11.8. The molecule has 0 aliphatic carbocycles. The first kappa shape index (κ1) is 17.5. The van der Waals surface area contributed by atoms with Gasteiger partial charge < -0.3 is 16.8 Å². The SMILES string of the molecule is CC(C)c1ccc(CNC(=O)C(N)CCC(N)=O)c(Cl)c1. The fraction of sp³-hybridized carbons (Fsp3) is 0.467. The molecule has 0 aromatic heterocycles. The molecule has 5 nitrogen and oxygen atoms in total. The Morgan fingerprint density at radius 2 is 2.00 bits per heavy atom. The van der Waals surface area contributed by atoms with Gasteiger partial charge in [-0.1, -0.05) is 37.6 Å². The summed E-state index contributed by atoms with van der Waals surface area (Å²) < 4.78 is 0. The Kier molecular flexibility index (Phi) is 6.65. The fourth-order valence-corrected chi connectivity index (χ4v) is 2.06. The van der Waals surface area contributed by atoms with Gasteiger partial charge in [0.2, 0.25) is 11.8 Å². The van der Waals surface area contributed by atoms with Crippen LogP contribution in [0.4, 0.5) is 0 Å². The van der Waals surface area contributed by atoms with Crippen molar-refractivity contribution in [2.24, 2.45) is 11.5 Å². The molecule has 0 radical (unpaired) electrons. The highest BCUT2D eigenvalue weighted by atomic mass is 35.5. The van der Waals surface area contributed by atoms with Crippen LogP contribution in [0.15, 0.2) is 18.2 Å². The Hall–Kier alpha value is -1.59. The normalized spacial score (nSPS) is 12.2. The van der Waals surface area contributed by atoms with E-state index in [4.69, 9.17) is 23.1 Å². The van der Waals surface area contributed by atoms with E-state index in [0.717, 1.165) is 11.1 Å². The van der Waals surface area contributed by atoms with Gasteiger partial charge in [-0.3, -0.25) is 9.59 Å². The number of hydrogen-bond donors (Lipinski definition) is 3. The molecule has 21 heavy (non-hydrogen) atoms. The lowest BCUT2D eigenvalue weighted by molar-refractivity contribution is -0.123. The van der Waals surface area contributed by atoms with Crippen molar-refractivity contribution in [2.75, 3.05) is 0 Å². The molecule has 5 N–H and O–H groups in total. The molecule has 116 valence electrons. The Bertz CT molecular complexity index is 518. The van der Waals surface area contributed by atoms with E-state index in [2.05, 4.69) is 19.2 Å². The molecule has 0 bridgehead atoms. The lowest BCUT2D eigenvalue weighted by Crippen LogP contribution is -2.40. The molecule has 0 aliphatic rings. The van der Waals surface area contributed by atoms with Crippen molar-refractivity contribution in [3.63, 3.8) is 0 Å². The Morgan fingerprint density at radius 1 is 1.33 bits per heavy atom. The molecule has 1 aromatic rings. The van der Waals surface area contributed by atoms with E-state index in [1.165, 1.54) is 0 Å². The van der Waals surface area contributed by atoms with Gasteiger partial charge >= 0.3 is 0 Å². The van der Waals surface area contributed by atoms with Gasteiger partial charge in [-0.2, -0.15) is 0 Å². The molecule has 1 rings (SSSR count). The summed E-state index contributed by atoms with van der Waals surface area (Å²) in [5, 5.41) is 3.33. The first-order chi connectivity index (χ1) is 9.81. The molecular formula is C15H22ClN3O2. The Balaban J connectivity index is 2.55. The zero-order valence-electron chi connectivity index (χ0n) is 12.4. The largest absolute Gasteiger partial charge is 0.370 e. The van der Waals surface area contributed by atoms with E-state index in [9.17, 15) is 9.59 Å². The Labute approximate surface area is 130 Å². The molecule has 0 heterocycles. The van der Waals surface area contributed by atoms with Gasteiger partial charge in [0.05, 0.1) is 6.04 Å². The van der Waals surface area contributed by atoms with Gasteiger partial charge in [0.15, 0.2) is 0 Å². The zero-order chi connectivity index (χ0) is 16.0. The molecule has 0 saturated carbocycles. The number of halogens is 1. The molecule has 2 amide bonds. The second-order valence-corrected chi connectivity index (χ2v) is 5.74. The van der Waals surface area contributed by atoms with Gasteiger partial charge in [-0.25, -0.2) is 0 Å². The maximum Gasteiger partial charge on any atom is 0.237 e. The second-order valence-electron chi connectivity index (χ2n) is 5.33. The third-order valence-electron chi connectivity index (χ3n) is 3.24. The maximum atomic E-state index is 11.8. The van der Waals surface area contributed by atoms with Crippen LogP contribution in [-0.4, -0.2) is 17.9 Å². The zero-order valence-corrected chi connectivity index (χ0v) is 13.1. The average molecular weight is 312 g/mol. The van der Waals surface area contributed by atoms with Crippen LogP contribution in [0.1, 0.15) is 43.7 Å². The van der Waals surface area contributed by atoms with E-state index in [-0.39, 0.29) is 18.7 Å². The number of nitrogens with one attached hydrogen (secondary N) is 1. The molecule has 0 spiro atoms. The summed E-state index contributed by atoms with van der Waals surface area (Å²) >= 11 is 6.20. The van der Waals surface area contributed by atoms with Crippen LogP contribution in [-0.2, 0) is 16.1 Å². The standard InChI is InChI=1S/C15H22ClN3O2/c1-9(2)10-3-4-11(12(16)7-10)8-19-15(21)13(17)5-6-14(18)20/h3-4,7,9,13H,5-6,8,17H2,1-2H3,(H2,18,20)(H,19,21). The topological polar surface area (TPSA) is 98.2 Å². The minimum atomic E-state index is -0.744. The molecule has 0 aliphatic heterocycles. The fourth-order valence-electron chi connectivity index (χ4n) is 1.81. The molecular weight excluding hydrogens is 290 g/mol. The predicted molar refractivity (Wildman–Crippen MR) is 83.8 cm³/mol. The highest BCUT2D eigenvalue weighted by molar-refractivity contribution is 6.31. The molecule has 1 unspecified atom stereocenters. The van der Waals surface area contributed by atoms with Crippen molar-refractivity contribution in [3.8, 4) is 0 Å². The summed E-state index contributed by atoms with van der Waals surface area (Å²) in [6.07, 6.45) is 0.333. The van der Waals surface area contributed by atoms with Crippen LogP contribution >= 0.6 is 11.6 Å². The lowest BCUT2D eigenvalue weighted by atomic mass is 10.0. The van der Waals surface area contributed by atoms with Crippen molar-refractivity contribution in [1.82, 2.24) is 5.32 Å². The molecule has 1 aromatic carbocycles. The molecule has 0 saturated heterocycles. The summed E-state index contributed by atoms with van der Waals surface area (Å²) in [5.41, 5.74) is 12.7. The number of rotatable bonds is 7. The smallest absolute Gasteiger partial charge is 0.237 e. The van der Waals surface area contributed by atoms with Crippen molar-refractivity contribution >= 4 is 23.4 Å².